The van der Waals surface area contributed by atoms with E-state index < -0.39 is 46.2 Å². The van der Waals surface area contributed by atoms with E-state index in [-0.39, 0.29) is 10.6 Å². The summed E-state index contributed by atoms with van der Waals surface area (Å²) in [7, 11) is 2.05. The molecule has 1 aliphatic heterocycles. The molecule has 2 amide bonds. The van der Waals surface area contributed by atoms with Crippen LogP contribution >= 0.6 is 11.6 Å². The van der Waals surface area contributed by atoms with Crippen molar-refractivity contribution < 1.29 is 22.8 Å². The number of hydrogen-bond acceptors (Lipinski definition) is 4. The van der Waals surface area contributed by atoms with Gasteiger partial charge in [0.1, 0.15) is 11.4 Å². The number of anilines is 1. The third kappa shape index (κ3) is 2.53. The number of nitrogens with one attached hydrogen (secondary N) is 2. The van der Waals surface area contributed by atoms with Gasteiger partial charge in [-0.05, 0) is 12.1 Å². The number of nitrogens with zero attached hydrogens (tertiary/aromatic N) is 2. The van der Waals surface area contributed by atoms with E-state index in [9.17, 15) is 32.3 Å². The summed E-state index contributed by atoms with van der Waals surface area (Å²) in [5.41, 5.74) is -7.43. The highest BCUT2D eigenvalue weighted by atomic mass is 35.5. The number of carbonyl (C=O) groups excluding carboxylic acids is 2. The molecule has 0 fully saturated rings. The summed E-state index contributed by atoms with van der Waals surface area (Å²) < 4.78 is 43.5. The third-order valence-corrected chi connectivity index (χ3v) is 4.79. The molecule has 12 heteroatoms. The Bertz CT molecular complexity index is 1140. The van der Waals surface area contributed by atoms with Crippen molar-refractivity contribution in [2.24, 2.45) is 14.1 Å². The smallest absolute Gasteiger partial charge is 0.326 e. The monoisotopic (exact) mass is 416 g/mol. The van der Waals surface area contributed by atoms with Gasteiger partial charge in [0.2, 0.25) is 0 Å². The summed E-state index contributed by atoms with van der Waals surface area (Å²) in [5.74, 6) is -3.68. The molecule has 1 atom stereocenters. The molecule has 1 aliphatic rings. The fraction of sp³-hybridized carbons (Fsp3) is 0.250. The standard InChI is InChI=1S/C16H12ClF3N4O4/c1-23-10-9(12(26)24(2)14(23)28)15(13(27)21-10,16(18,19)20)22-11(25)7-5-3-4-6-8(7)17/h3-6H,1-2H3,(H,21,27)(H,22,25)/t15-/m0/s1. The highest BCUT2D eigenvalue weighted by Gasteiger charge is 2.68. The zero-order valence-corrected chi connectivity index (χ0v) is 15.1. The van der Waals surface area contributed by atoms with Crippen LogP contribution in [-0.4, -0.2) is 27.1 Å². The van der Waals surface area contributed by atoms with E-state index in [2.05, 4.69) is 0 Å². The Labute approximate surface area is 159 Å². The molecular formula is C16H12ClF3N4O4. The molecule has 0 radical (unpaired) electrons. The lowest BCUT2D eigenvalue weighted by atomic mass is 9.91. The molecule has 2 aromatic rings. The number of carbonyl (C=O) groups is 2. The van der Waals surface area contributed by atoms with E-state index in [1.165, 1.54) is 18.2 Å². The number of halogens is 4. The first-order valence-corrected chi connectivity index (χ1v) is 8.07. The van der Waals surface area contributed by atoms with Gasteiger partial charge in [0.25, 0.3) is 22.9 Å². The fourth-order valence-electron chi connectivity index (χ4n) is 2.99. The SMILES string of the molecule is Cn1c2c(c(=O)n(C)c1=O)[C@@](NC(=O)c1ccccc1Cl)(C(F)(F)F)C(=O)N2. The molecule has 1 aromatic carbocycles. The maximum absolute atomic E-state index is 14.1. The van der Waals surface area contributed by atoms with Crippen molar-refractivity contribution in [2.45, 2.75) is 11.7 Å². The van der Waals surface area contributed by atoms with Gasteiger partial charge in [-0.1, -0.05) is 23.7 Å². The van der Waals surface area contributed by atoms with E-state index in [1.807, 2.05) is 5.32 Å². The molecule has 2 N–H and O–H groups in total. The minimum absolute atomic E-state index is 0.149. The van der Waals surface area contributed by atoms with Gasteiger partial charge in [-0.25, -0.2) is 4.79 Å². The van der Waals surface area contributed by atoms with Crippen LogP contribution in [0.5, 0.6) is 0 Å². The summed E-state index contributed by atoms with van der Waals surface area (Å²) >= 11 is 5.85. The van der Waals surface area contributed by atoms with Crippen molar-refractivity contribution >= 4 is 29.2 Å². The summed E-state index contributed by atoms with van der Waals surface area (Å²) in [4.78, 5) is 49.5. The van der Waals surface area contributed by atoms with E-state index in [4.69, 9.17) is 11.6 Å². The van der Waals surface area contributed by atoms with Crippen LogP contribution in [0.25, 0.3) is 0 Å². The van der Waals surface area contributed by atoms with Crippen molar-refractivity contribution in [1.82, 2.24) is 14.5 Å². The van der Waals surface area contributed by atoms with E-state index in [0.717, 1.165) is 20.2 Å². The van der Waals surface area contributed by atoms with Gasteiger partial charge in [-0.15, -0.1) is 0 Å². The quantitative estimate of drug-likeness (QED) is 0.758. The second-order valence-electron chi connectivity index (χ2n) is 6.07. The van der Waals surface area contributed by atoms with Gasteiger partial charge in [0, 0.05) is 14.1 Å². The average Bonchev–Trinajstić information content (AvgIpc) is 2.92. The van der Waals surface area contributed by atoms with Crippen molar-refractivity contribution in [1.29, 1.82) is 0 Å². The van der Waals surface area contributed by atoms with Crippen LogP contribution in [0, 0.1) is 0 Å². The zero-order valence-electron chi connectivity index (χ0n) is 14.3. The van der Waals surface area contributed by atoms with Gasteiger partial charge < -0.3 is 10.6 Å². The van der Waals surface area contributed by atoms with Gasteiger partial charge in [0.15, 0.2) is 0 Å². The molecule has 0 bridgehead atoms. The molecule has 148 valence electrons. The number of alkyl halides is 3. The van der Waals surface area contributed by atoms with Crippen LogP contribution in [-0.2, 0) is 24.4 Å². The summed E-state index contributed by atoms with van der Waals surface area (Å²) in [5, 5.41) is 3.36. The first kappa shape index (κ1) is 19.7. The van der Waals surface area contributed by atoms with E-state index >= 15 is 0 Å². The first-order chi connectivity index (χ1) is 12.9. The van der Waals surface area contributed by atoms with Crippen LogP contribution in [0.15, 0.2) is 33.9 Å². The molecule has 0 saturated heterocycles. The number of benzene rings is 1. The molecule has 28 heavy (non-hydrogen) atoms. The minimum Gasteiger partial charge on any atom is -0.326 e. The predicted molar refractivity (Wildman–Crippen MR) is 92.2 cm³/mol. The van der Waals surface area contributed by atoms with Crippen LogP contribution in [0.4, 0.5) is 19.0 Å². The Balaban J connectivity index is 2.31. The maximum Gasteiger partial charge on any atom is 0.425 e. The average molecular weight is 417 g/mol. The first-order valence-electron chi connectivity index (χ1n) is 7.69. The summed E-state index contributed by atoms with van der Waals surface area (Å²) in [6, 6.07) is 5.27. The lowest BCUT2D eigenvalue weighted by Gasteiger charge is -2.30. The van der Waals surface area contributed by atoms with Crippen molar-refractivity contribution in [3.05, 3.63) is 61.3 Å². The van der Waals surface area contributed by atoms with Crippen LogP contribution in [0.1, 0.15) is 15.9 Å². The fourth-order valence-corrected chi connectivity index (χ4v) is 3.21. The normalized spacial score (nSPS) is 18.6. The lowest BCUT2D eigenvalue weighted by Crippen LogP contribution is -2.62. The Morgan fingerprint density at radius 2 is 1.75 bits per heavy atom. The Morgan fingerprint density at radius 3 is 2.32 bits per heavy atom. The van der Waals surface area contributed by atoms with Crippen LogP contribution in [0.3, 0.4) is 0 Å². The third-order valence-electron chi connectivity index (χ3n) is 4.46. The number of fused-ring (bicyclic) bond motifs is 1. The maximum atomic E-state index is 14.1. The highest BCUT2D eigenvalue weighted by Crippen LogP contribution is 2.45. The van der Waals surface area contributed by atoms with Gasteiger partial charge in [-0.3, -0.25) is 23.5 Å². The van der Waals surface area contributed by atoms with Gasteiger partial charge in [0.05, 0.1) is 10.6 Å². The van der Waals surface area contributed by atoms with Crippen LogP contribution in [0.2, 0.25) is 5.02 Å². The topological polar surface area (TPSA) is 102 Å². The zero-order chi connectivity index (χ0) is 21.0. The Kier molecular flexibility index (Phi) is 4.38. The van der Waals surface area contributed by atoms with Gasteiger partial charge in [-0.2, -0.15) is 13.2 Å². The lowest BCUT2D eigenvalue weighted by molar-refractivity contribution is -0.196. The number of hydrogen-bond donors (Lipinski definition) is 2. The number of rotatable bonds is 2. The second-order valence-corrected chi connectivity index (χ2v) is 6.47. The molecule has 0 aliphatic carbocycles. The molecule has 1 aromatic heterocycles. The molecule has 0 unspecified atom stereocenters. The molecular weight excluding hydrogens is 405 g/mol. The predicted octanol–water partition coefficient (Wildman–Crippen LogP) is 0.877. The Morgan fingerprint density at radius 1 is 1.14 bits per heavy atom. The summed E-state index contributed by atoms with van der Waals surface area (Å²) in [6.45, 7) is 0. The highest BCUT2D eigenvalue weighted by molar-refractivity contribution is 6.34. The Hall–Kier alpha value is -3.08. The molecule has 2 heterocycles. The number of aromatic nitrogens is 2. The van der Waals surface area contributed by atoms with E-state index in [1.54, 1.807) is 5.32 Å². The van der Waals surface area contributed by atoms with E-state index in [0.29, 0.717) is 9.13 Å². The molecule has 3 rings (SSSR count). The molecule has 8 nitrogen and oxygen atoms in total. The summed E-state index contributed by atoms with van der Waals surface area (Å²) in [6.07, 6.45) is -5.40. The van der Waals surface area contributed by atoms with Crippen molar-refractivity contribution in [3.63, 3.8) is 0 Å². The minimum atomic E-state index is -5.40. The van der Waals surface area contributed by atoms with Crippen molar-refractivity contribution in [2.75, 3.05) is 5.32 Å². The number of amides is 2. The molecule has 0 spiro atoms. The van der Waals surface area contributed by atoms with Crippen molar-refractivity contribution in [3.8, 4) is 0 Å². The van der Waals surface area contributed by atoms with Crippen LogP contribution < -0.4 is 21.9 Å². The second kappa shape index (κ2) is 6.23. The van der Waals surface area contributed by atoms with Gasteiger partial charge >= 0.3 is 11.9 Å². The molecule has 0 saturated carbocycles. The largest absolute Gasteiger partial charge is 0.425 e.